The van der Waals surface area contributed by atoms with Gasteiger partial charge in [0.05, 0.1) is 18.2 Å². The lowest BCUT2D eigenvalue weighted by atomic mass is 9.79. The molecule has 0 saturated heterocycles. The third-order valence-electron chi connectivity index (χ3n) is 3.87. The number of carboxylic acids is 1. The van der Waals surface area contributed by atoms with Gasteiger partial charge in [-0.1, -0.05) is 12.8 Å². The second-order valence-electron chi connectivity index (χ2n) is 5.28. The number of amides is 1. The number of aliphatic carboxylic acids is 1. The third-order valence-corrected chi connectivity index (χ3v) is 3.87. The Balaban J connectivity index is 1.74. The van der Waals surface area contributed by atoms with Gasteiger partial charge in [-0.2, -0.15) is 0 Å². The number of hydrogen-bond donors (Lipinski definition) is 2. The van der Waals surface area contributed by atoms with E-state index in [9.17, 15) is 9.59 Å². The Kier molecular flexibility index (Phi) is 5.15. The number of carbonyl (C=O) groups excluding carboxylic acids is 1. The van der Waals surface area contributed by atoms with Crippen LogP contribution in [-0.4, -0.2) is 33.1 Å². The second-order valence-corrected chi connectivity index (χ2v) is 5.28. The molecule has 1 aliphatic rings. The van der Waals surface area contributed by atoms with Crippen LogP contribution in [0.15, 0.2) is 18.7 Å². The summed E-state index contributed by atoms with van der Waals surface area (Å²) in [6.07, 6.45) is 9.29. The van der Waals surface area contributed by atoms with Gasteiger partial charge in [-0.05, 0) is 19.3 Å². The van der Waals surface area contributed by atoms with Crippen LogP contribution in [0, 0.1) is 11.8 Å². The molecule has 6 heteroatoms. The van der Waals surface area contributed by atoms with E-state index >= 15 is 0 Å². The number of nitrogens with zero attached hydrogens (tertiary/aromatic N) is 2. The molecule has 1 amide bonds. The summed E-state index contributed by atoms with van der Waals surface area (Å²) in [5, 5.41) is 12.0. The maximum Gasteiger partial charge on any atom is 0.307 e. The molecule has 1 aromatic rings. The van der Waals surface area contributed by atoms with E-state index in [1.165, 1.54) is 0 Å². The SMILES string of the molecule is O=C(NCCCn1ccnc1)[C@H]1CCCC[C@H]1C(=O)O. The molecule has 2 atom stereocenters. The smallest absolute Gasteiger partial charge is 0.307 e. The summed E-state index contributed by atoms with van der Waals surface area (Å²) in [5.41, 5.74) is 0. The topological polar surface area (TPSA) is 84.2 Å². The van der Waals surface area contributed by atoms with Gasteiger partial charge in [0.25, 0.3) is 0 Å². The number of hydrogen-bond acceptors (Lipinski definition) is 3. The number of carbonyl (C=O) groups is 2. The van der Waals surface area contributed by atoms with Crippen LogP contribution in [0.3, 0.4) is 0 Å². The van der Waals surface area contributed by atoms with Gasteiger partial charge in [0.2, 0.25) is 5.91 Å². The number of imidazole rings is 1. The van der Waals surface area contributed by atoms with Crippen molar-refractivity contribution in [3.63, 3.8) is 0 Å². The molecule has 0 aromatic carbocycles. The van der Waals surface area contributed by atoms with Crippen LogP contribution in [0.5, 0.6) is 0 Å². The summed E-state index contributed by atoms with van der Waals surface area (Å²) < 4.78 is 1.95. The molecule has 1 fully saturated rings. The molecule has 110 valence electrons. The predicted molar refractivity (Wildman–Crippen MR) is 72.9 cm³/mol. The summed E-state index contributed by atoms with van der Waals surface area (Å²) in [7, 11) is 0. The number of aromatic nitrogens is 2. The first-order chi connectivity index (χ1) is 9.68. The van der Waals surface area contributed by atoms with Crippen LogP contribution in [0.2, 0.25) is 0 Å². The molecule has 0 unspecified atom stereocenters. The van der Waals surface area contributed by atoms with E-state index in [0.29, 0.717) is 19.4 Å². The second kappa shape index (κ2) is 7.07. The average molecular weight is 279 g/mol. The monoisotopic (exact) mass is 279 g/mol. The van der Waals surface area contributed by atoms with E-state index in [-0.39, 0.29) is 11.8 Å². The Labute approximate surface area is 118 Å². The van der Waals surface area contributed by atoms with Crippen molar-refractivity contribution < 1.29 is 14.7 Å². The van der Waals surface area contributed by atoms with Gasteiger partial charge in [0.15, 0.2) is 0 Å². The van der Waals surface area contributed by atoms with Crippen LogP contribution >= 0.6 is 0 Å². The van der Waals surface area contributed by atoms with Crippen LogP contribution in [0.4, 0.5) is 0 Å². The zero-order chi connectivity index (χ0) is 14.4. The largest absolute Gasteiger partial charge is 0.481 e. The van der Waals surface area contributed by atoms with Gasteiger partial charge in [-0.25, -0.2) is 4.98 Å². The lowest BCUT2D eigenvalue weighted by Crippen LogP contribution is -2.40. The van der Waals surface area contributed by atoms with Crippen LogP contribution in [-0.2, 0) is 16.1 Å². The summed E-state index contributed by atoms with van der Waals surface area (Å²) in [5.74, 6) is -1.84. The first kappa shape index (κ1) is 14.6. The van der Waals surface area contributed by atoms with Gasteiger partial charge < -0.3 is 15.0 Å². The number of aryl methyl sites for hydroxylation is 1. The first-order valence-corrected chi connectivity index (χ1v) is 7.14. The van der Waals surface area contributed by atoms with E-state index in [4.69, 9.17) is 5.11 Å². The molecule has 1 saturated carbocycles. The van der Waals surface area contributed by atoms with E-state index in [2.05, 4.69) is 10.3 Å². The highest BCUT2D eigenvalue weighted by molar-refractivity contribution is 5.84. The minimum Gasteiger partial charge on any atom is -0.481 e. The summed E-state index contributed by atoms with van der Waals surface area (Å²) in [6.45, 7) is 1.37. The lowest BCUT2D eigenvalue weighted by molar-refractivity contribution is -0.148. The van der Waals surface area contributed by atoms with Gasteiger partial charge in [0, 0.05) is 25.5 Å². The Morgan fingerprint density at radius 2 is 2.05 bits per heavy atom. The van der Waals surface area contributed by atoms with Crippen molar-refractivity contribution in [1.29, 1.82) is 0 Å². The zero-order valence-corrected chi connectivity index (χ0v) is 11.5. The number of carboxylic acid groups (broad SMARTS) is 1. The molecule has 20 heavy (non-hydrogen) atoms. The van der Waals surface area contributed by atoms with Crippen LogP contribution in [0.1, 0.15) is 32.1 Å². The van der Waals surface area contributed by atoms with Crippen molar-refractivity contribution >= 4 is 11.9 Å². The maximum absolute atomic E-state index is 12.1. The highest BCUT2D eigenvalue weighted by Gasteiger charge is 2.35. The lowest BCUT2D eigenvalue weighted by Gasteiger charge is -2.27. The molecule has 2 rings (SSSR count). The molecule has 0 aliphatic heterocycles. The molecular weight excluding hydrogens is 258 g/mol. The molecule has 6 nitrogen and oxygen atoms in total. The van der Waals surface area contributed by atoms with Gasteiger partial charge in [-0.3, -0.25) is 9.59 Å². The standard InChI is InChI=1S/C14H21N3O3/c18-13(11-4-1-2-5-12(11)14(19)20)16-6-3-8-17-9-7-15-10-17/h7,9-12H,1-6,8H2,(H,16,18)(H,19,20)/t11-,12+/m0/s1. The van der Waals surface area contributed by atoms with E-state index in [1.807, 2.05) is 10.8 Å². The van der Waals surface area contributed by atoms with Gasteiger partial charge in [-0.15, -0.1) is 0 Å². The predicted octanol–water partition coefficient (Wildman–Crippen LogP) is 1.28. The maximum atomic E-state index is 12.1. The average Bonchev–Trinajstić information content (AvgIpc) is 2.96. The number of rotatable bonds is 6. The van der Waals surface area contributed by atoms with E-state index < -0.39 is 11.9 Å². The van der Waals surface area contributed by atoms with Crippen molar-refractivity contribution in [3.8, 4) is 0 Å². The minimum atomic E-state index is -0.844. The first-order valence-electron chi connectivity index (χ1n) is 7.14. The Morgan fingerprint density at radius 1 is 1.30 bits per heavy atom. The zero-order valence-electron chi connectivity index (χ0n) is 11.5. The molecule has 1 aromatic heterocycles. The molecule has 1 aliphatic carbocycles. The molecule has 2 N–H and O–H groups in total. The summed E-state index contributed by atoms with van der Waals surface area (Å²) >= 11 is 0. The molecule has 1 heterocycles. The Hall–Kier alpha value is -1.85. The normalized spacial score (nSPS) is 22.4. The quantitative estimate of drug-likeness (QED) is 0.768. The summed E-state index contributed by atoms with van der Waals surface area (Å²) in [4.78, 5) is 27.2. The highest BCUT2D eigenvalue weighted by Crippen LogP contribution is 2.30. The minimum absolute atomic E-state index is 0.109. The van der Waals surface area contributed by atoms with E-state index in [1.54, 1.807) is 12.5 Å². The third kappa shape index (κ3) is 3.82. The van der Waals surface area contributed by atoms with Gasteiger partial charge >= 0.3 is 5.97 Å². The fourth-order valence-corrected chi connectivity index (χ4v) is 2.76. The number of nitrogens with one attached hydrogen (secondary N) is 1. The molecule has 0 radical (unpaired) electrons. The Morgan fingerprint density at radius 3 is 2.70 bits per heavy atom. The van der Waals surface area contributed by atoms with Crippen LogP contribution < -0.4 is 5.32 Å². The van der Waals surface area contributed by atoms with Crippen molar-refractivity contribution in [3.05, 3.63) is 18.7 Å². The van der Waals surface area contributed by atoms with Crippen molar-refractivity contribution in [2.75, 3.05) is 6.54 Å². The van der Waals surface area contributed by atoms with Crippen molar-refractivity contribution in [2.24, 2.45) is 11.8 Å². The Bertz CT molecular complexity index is 445. The van der Waals surface area contributed by atoms with Gasteiger partial charge in [0.1, 0.15) is 0 Å². The molecular formula is C14H21N3O3. The van der Waals surface area contributed by atoms with E-state index in [0.717, 1.165) is 25.8 Å². The van der Waals surface area contributed by atoms with Crippen molar-refractivity contribution in [1.82, 2.24) is 14.9 Å². The fourth-order valence-electron chi connectivity index (χ4n) is 2.76. The molecule has 0 spiro atoms. The summed E-state index contributed by atoms with van der Waals surface area (Å²) in [6, 6.07) is 0. The highest BCUT2D eigenvalue weighted by atomic mass is 16.4. The van der Waals surface area contributed by atoms with Crippen LogP contribution in [0.25, 0.3) is 0 Å². The van der Waals surface area contributed by atoms with Crippen molar-refractivity contribution in [2.45, 2.75) is 38.6 Å². The molecule has 0 bridgehead atoms. The fraction of sp³-hybridized carbons (Fsp3) is 0.643.